The highest BCUT2D eigenvalue weighted by atomic mass is 32.2. The van der Waals surface area contributed by atoms with E-state index in [1.807, 2.05) is 0 Å². The van der Waals surface area contributed by atoms with Gasteiger partial charge in [0, 0.05) is 11.3 Å². The van der Waals surface area contributed by atoms with E-state index in [0.717, 1.165) is 11.2 Å². The molecular weight excluding hydrogens is 166 g/mol. The molecule has 0 radical (unpaired) electrons. The predicted octanol–water partition coefficient (Wildman–Crippen LogP) is 2.40. The van der Waals surface area contributed by atoms with E-state index < -0.39 is 0 Å². The van der Waals surface area contributed by atoms with E-state index in [1.54, 1.807) is 0 Å². The first-order valence-corrected chi connectivity index (χ1v) is 6.28. The maximum absolute atomic E-state index is 6.17. The van der Waals surface area contributed by atoms with Gasteiger partial charge in [-0.3, -0.25) is 0 Å². The lowest BCUT2D eigenvalue weighted by molar-refractivity contribution is 0.273. The lowest BCUT2D eigenvalue weighted by Gasteiger charge is -2.30. The second-order valence-corrected chi connectivity index (χ2v) is 5.60. The van der Waals surface area contributed by atoms with Crippen LogP contribution in [0, 0.1) is 5.92 Å². The highest BCUT2D eigenvalue weighted by Crippen LogP contribution is 2.35. The summed E-state index contributed by atoms with van der Waals surface area (Å²) < 4.78 is 0. The molecule has 2 rings (SSSR count). The quantitative estimate of drug-likeness (QED) is 0.730. The fraction of sp³-hybridized carbons (Fsp3) is 1.00. The van der Waals surface area contributed by atoms with Crippen LogP contribution < -0.4 is 5.73 Å². The van der Waals surface area contributed by atoms with Crippen molar-refractivity contribution in [1.29, 1.82) is 0 Å². The average molecular weight is 185 g/mol. The smallest absolute Gasteiger partial charge is 0.0199 e. The minimum atomic E-state index is 0.503. The third-order valence-electron chi connectivity index (χ3n) is 3.27. The zero-order valence-electron chi connectivity index (χ0n) is 7.67. The lowest BCUT2D eigenvalue weighted by atomic mass is 9.80. The summed E-state index contributed by atoms with van der Waals surface area (Å²) in [5.74, 6) is 2.34. The second-order valence-electron chi connectivity index (χ2n) is 4.25. The molecule has 70 valence electrons. The highest BCUT2D eigenvalue weighted by Gasteiger charge is 2.27. The van der Waals surface area contributed by atoms with Crippen LogP contribution in [-0.4, -0.2) is 17.0 Å². The molecule has 0 aromatic carbocycles. The zero-order chi connectivity index (χ0) is 8.39. The zero-order valence-corrected chi connectivity index (χ0v) is 8.48. The van der Waals surface area contributed by atoms with Crippen LogP contribution in [0.4, 0.5) is 0 Å². The Morgan fingerprint density at radius 2 is 2.08 bits per heavy atom. The van der Waals surface area contributed by atoms with E-state index in [0.29, 0.717) is 6.04 Å². The Morgan fingerprint density at radius 1 is 1.25 bits per heavy atom. The molecule has 2 atom stereocenters. The van der Waals surface area contributed by atoms with Crippen LogP contribution in [0.5, 0.6) is 0 Å². The van der Waals surface area contributed by atoms with E-state index in [4.69, 9.17) is 5.73 Å². The monoisotopic (exact) mass is 185 g/mol. The van der Waals surface area contributed by atoms with Crippen LogP contribution >= 0.6 is 11.8 Å². The molecular formula is C10H19NS. The summed E-state index contributed by atoms with van der Waals surface area (Å²) in [5.41, 5.74) is 6.17. The first kappa shape index (κ1) is 8.89. The highest BCUT2D eigenvalue weighted by molar-refractivity contribution is 8.00. The van der Waals surface area contributed by atoms with Crippen molar-refractivity contribution >= 4 is 11.8 Å². The molecule has 2 aliphatic rings. The standard InChI is InChI=1S/C10H19NS/c11-9(7-8-3-1-4-8)10-5-2-6-12-10/h8-10H,1-7,11H2. The van der Waals surface area contributed by atoms with Gasteiger partial charge in [-0.05, 0) is 30.9 Å². The van der Waals surface area contributed by atoms with Crippen molar-refractivity contribution in [2.45, 2.75) is 49.8 Å². The predicted molar refractivity (Wildman–Crippen MR) is 55.4 cm³/mol. The summed E-state index contributed by atoms with van der Waals surface area (Å²) >= 11 is 2.10. The largest absolute Gasteiger partial charge is 0.327 e. The van der Waals surface area contributed by atoms with Crippen LogP contribution in [0.25, 0.3) is 0 Å². The molecule has 0 bridgehead atoms. The molecule has 0 aromatic rings. The normalized spacial score (nSPS) is 33.2. The SMILES string of the molecule is NC(CC1CCC1)C1CCCS1. The summed E-state index contributed by atoms with van der Waals surface area (Å²) in [6.45, 7) is 0. The van der Waals surface area contributed by atoms with Gasteiger partial charge in [-0.1, -0.05) is 19.3 Å². The van der Waals surface area contributed by atoms with Crippen molar-refractivity contribution < 1.29 is 0 Å². The van der Waals surface area contributed by atoms with Gasteiger partial charge in [-0.25, -0.2) is 0 Å². The van der Waals surface area contributed by atoms with Gasteiger partial charge in [0.05, 0.1) is 0 Å². The van der Waals surface area contributed by atoms with Crippen molar-refractivity contribution in [1.82, 2.24) is 0 Å². The fourth-order valence-corrected chi connectivity index (χ4v) is 3.53. The van der Waals surface area contributed by atoms with E-state index in [9.17, 15) is 0 Å². The van der Waals surface area contributed by atoms with Gasteiger partial charge in [0.25, 0.3) is 0 Å². The Labute approximate surface area is 79.5 Å². The molecule has 2 unspecified atom stereocenters. The second kappa shape index (κ2) is 4.01. The third-order valence-corrected chi connectivity index (χ3v) is 4.81. The van der Waals surface area contributed by atoms with Crippen molar-refractivity contribution in [2.24, 2.45) is 11.7 Å². The minimum Gasteiger partial charge on any atom is -0.327 e. The molecule has 1 aliphatic heterocycles. The molecule has 0 aromatic heterocycles. The lowest BCUT2D eigenvalue weighted by Crippen LogP contribution is -2.34. The van der Waals surface area contributed by atoms with Crippen molar-refractivity contribution in [3.05, 3.63) is 0 Å². The van der Waals surface area contributed by atoms with E-state index in [2.05, 4.69) is 11.8 Å². The molecule has 2 fully saturated rings. The number of hydrogen-bond donors (Lipinski definition) is 1. The van der Waals surface area contributed by atoms with Crippen LogP contribution in [0.3, 0.4) is 0 Å². The molecule has 2 N–H and O–H groups in total. The summed E-state index contributed by atoms with van der Waals surface area (Å²) in [4.78, 5) is 0. The van der Waals surface area contributed by atoms with Crippen molar-refractivity contribution in [2.75, 3.05) is 5.75 Å². The number of thioether (sulfide) groups is 1. The summed E-state index contributed by atoms with van der Waals surface area (Å²) in [6, 6.07) is 0.503. The molecule has 12 heavy (non-hydrogen) atoms. The minimum absolute atomic E-state index is 0.503. The van der Waals surface area contributed by atoms with Crippen LogP contribution in [0.1, 0.15) is 38.5 Å². The Morgan fingerprint density at radius 3 is 2.58 bits per heavy atom. The maximum Gasteiger partial charge on any atom is 0.0199 e. The van der Waals surface area contributed by atoms with Crippen LogP contribution in [0.2, 0.25) is 0 Å². The molecule has 1 saturated carbocycles. The van der Waals surface area contributed by atoms with Gasteiger partial charge in [-0.2, -0.15) is 11.8 Å². The Bertz CT molecular complexity index is 139. The first-order chi connectivity index (χ1) is 5.86. The first-order valence-electron chi connectivity index (χ1n) is 5.23. The Kier molecular flexibility index (Phi) is 2.97. The summed E-state index contributed by atoms with van der Waals surface area (Å²) in [5, 5.41) is 0.797. The Balaban J connectivity index is 1.71. The molecule has 0 spiro atoms. The van der Waals surface area contributed by atoms with Crippen molar-refractivity contribution in [3.63, 3.8) is 0 Å². The van der Waals surface area contributed by atoms with E-state index in [1.165, 1.54) is 44.3 Å². The molecule has 1 saturated heterocycles. The third kappa shape index (κ3) is 1.97. The van der Waals surface area contributed by atoms with Crippen molar-refractivity contribution in [3.8, 4) is 0 Å². The summed E-state index contributed by atoms with van der Waals surface area (Å²) in [6.07, 6.45) is 8.43. The molecule has 1 nitrogen and oxygen atoms in total. The average Bonchev–Trinajstić information content (AvgIpc) is 2.47. The van der Waals surface area contributed by atoms with Gasteiger partial charge in [0.15, 0.2) is 0 Å². The number of hydrogen-bond acceptors (Lipinski definition) is 2. The van der Waals surface area contributed by atoms with Gasteiger partial charge in [0.2, 0.25) is 0 Å². The van der Waals surface area contributed by atoms with Gasteiger partial charge < -0.3 is 5.73 Å². The van der Waals surface area contributed by atoms with Gasteiger partial charge in [-0.15, -0.1) is 0 Å². The topological polar surface area (TPSA) is 26.0 Å². The summed E-state index contributed by atoms with van der Waals surface area (Å²) in [7, 11) is 0. The fourth-order valence-electron chi connectivity index (χ4n) is 2.21. The Hall–Kier alpha value is 0.310. The van der Waals surface area contributed by atoms with Gasteiger partial charge >= 0.3 is 0 Å². The van der Waals surface area contributed by atoms with Crippen LogP contribution in [0.15, 0.2) is 0 Å². The molecule has 2 heteroatoms. The van der Waals surface area contributed by atoms with Crippen LogP contribution in [-0.2, 0) is 0 Å². The molecule has 1 aliphatic carbocycles. The number of rotatable bonds is 3. The van der Waals surface area contributed by atoms with E-state index >= 15 is 0 Å². The van der Waals surface area contributed by atoms with E-state index in [-0.39, 0.29) is 0 Å². The number of nitrogens with two attached hydrogens (primary N) is 1. The molecule has 0 amide bonds. The van der Waals surface area contributed by atoms with Gasteiger partial charge in [0.1, 0.15) is 0 Å². The molecule has 1 heterocycles. The maximum atomic E-state index is 6.17.